The molecule has 1 unspecified atom stereocenters. The highest BCUT2D eigenvalue weighted by atomic mass is 16.6. The van der Waals surface area contributed by atoms with E-state index in [2.05, 4.69) is 34.8 Å². The Kier molecular flexibility index (Phi) is 10.2. The molecular formula is C21H37N5O4. The molecule has 0 spiro atoms. The van der Waals surface area contributed by atoms with Crippen LogP contribution in [0.4, 0.5) is 4.79 Å². The maximum atomic E-state index is 12.1. The van der Waals surface area contributed by atoms with E-state index in [1.165, 1.54) is 6.26 Å². The molecule has 9 nitrogen and oxygen atoms in total. The van der Waals surface area contributed by atoms with Crippen molar-refractivity contribution in [1.82, 2.24) is 20.9 Å². The normalized spacial score (nSPS) is 13.0. The minimum Gasteiger partial charge on any atom is -0.459 e. The number of nitrogens with one attached hydrogen (secondary N) is 3. The van der Waals surface area contributed by atoms with Crippen molar-refractivity contribution in [2.75, 3.05) is 33.7 Å². The van der Waals surface area contributed by atoms with Crippen molar-refractivity contribution in [1.29, 1.82) is 0 Å². The van der Waals surface area contributed by atoms with Gasteiger partial charge in [-0.1, -0.05) is 13.8 Å². The molecule has 2 amide bonds. The third kappa shape index (κ3) is 9.67. The van der Waals surface area contributed by atoms with Crippen LogP contribution < -0.4 is 16.0 Å². The lowest BCUT2D eigenvalue weighted by Crippen LogP contribution is -2.46. The van der Waals surface area contributed by atoms with E-state index in [4.69, 9.17) is 9.15 Å². The Morgan fingerprint density at radius 2 is 1.90 bits per heavy atom. The Hall–Kier alpha value is -2.71. The van der Waals surface area contributed by atoms with Crippen molar-refractivity contribution in [2.45, 2.75) is 52.7 Å². The van der Waals surface area contributed by atoms with Gasteiger partial charge in [0.1, 0.15) is 5.60 Å². The largest absolute Gasteiger partial charge is 0.459 e. The number of nitrogens with zero attached hydrogens (tertiary/aromatic N) is 2. The molecule has 1 atom stereocenters. The van der Waals surface area contributed by atoms with Gasteiger partial charge in [0.05, 0.1) is 6.26 Å². The monoisotopic (exact) mass is 423 g/mol. The predicted molar refractivity (Wildman–Crippen MR) is 118 cm³/mol. The van der Waals surface area contributed by atoms with Gasteiger partial charge in [0.15, 0.2) is 11.7 Å². The van der Waals surface area contributed by atoms with Crippen LogP contribution in [0.2, 0.25) is 0 Å². The van der Waals surface area contributed by atoms with E-state index in [1.807, 2.05) is 32.7 Å². The molecule has 1 aromatic rings. The van der Waals surface area contributed by atoms with Crippen molar-refractivity contribution in [3.8, 4) is 0 Å². The van der Waals surface area contributed by atoms with Gasteiger partial charge in [-0.2, -0.15) is 0 Å². The highest BCUT2D eigenvalue weighted by Crippen LogP contribution is 2.11. The van der Waals surface area contributed by atoms with Crippen LogP contribution in [0.3, 0.4) is 0 Å². The Balaban J connectivity index is 2.42. The van der Waals surface area contributed by atoms with Crippen molar-refractivity contribution >= 4 is 18.0 Å². The molecule has 0 saturated carbocycles. The molecule has 1 rings (SSSR count). The SMILES string of the molecule is CN=C(NCCNC(=O)c1ccco1)N(C)CCC(NC(=O)OC(C)(C)C)C(C)C. The smallest absolute Gasteiger partial charge is 0.407 e. The second-order valence-corrected chi connectivity index (χ2v) is 8.41. The summed E-state index contributed by atoms with van der Waals surface area (Å²) in [7, 11) is 3.64. The number of hydrogen-bond donors (Lipinski definition) is 3. The summed E-state index contributed by atoms with van der Waals surface area (Å²) in [6, 6.07) is 3.27. The molecule has 9 heteroatoms. The molecule has 0 aliphatic carbocycles. The molecule has 0 aliphatic heterocycles. The van der Waals surface area contributed by atoms with Crippen LogP contribution in [0.5, 0.6) is 0 Å². The minimum absolute atomic E-state index is 0.0204. The number of guanidine groups is 1. The fourth-order valence-corrected chi connectivity index (χ4v) is 2.70. The predicted octanol–water partition coefficient (Wildman–Crippen LogP) is 2.46. The zero-order valence-corrected chi connectivity index (χ0v) is 19.2. The number of rotatable bonds is 9. The van der Waals surface area contributed by atoms with Gasteiger partial charge in [-0.3, -0.25) is 9.79 Å². The topological polar surface area (TPSA) is 108 Å². The molecule has 0 saturated heterocycles. The molecule has 0 aliphatic rings. The first kappa shape index (κ1) is 25.3. The van der Waals surface area contributed by atoms with E-state index in [9.17, 15) is 9.59 Å². The van der Waals surface area contributed by atoms with Gasteiger partial charge >= 0.3 is 6.09 Å². The number of aliphatic imine (C=N–C) groups is 1. The molecule has 30 heavy (non-hydrogen) atoms. The molecule has 1 aromatic heterocycles. The number of alkyl carbamates (subject to hydrolysis) is 1. The van der Waals surface area contributed by atoms with E-state index >= 15 is 0 Å². The fraction of sp³-hybridized carbons (Fsp3) is 0.667. The number of hydrogen-bond acceptors (Lipinski definition) is 5. The molecule has 1 heterocycles. The van der Waals surface area contributed by atoms with Crippen LogP contribution in [0.15, 0.2) is 27.8 Å². The van der Waals surface area contributed by atoms with Crippen LogP contribution in [0.25, 0.3) is 0 Å². The Labute approximate surface area is 179 Å². The number of ether oxygens (including phenoxy) is 1. The van der Waals surface area contributed by atoms with E-state index < -0.39 is 11.7 Å². The van der Waals surface area contributed by atoms with Gasteiger partial charge in [0.2, 0.25) is 0 Å². The molecule has 0 radical (unpaired) electrons. The molecule has 3 N–H and O–H groups in total. The first-order chi connectivity index (χ1) is 14.0. The summed E-state index contributed by atoms with van der Waals surface area (Å²) < 4.78 is 10.4. The summed E-state index contributed by atoms with van der Waals surface area (Å²) in [5, 5.41) is 8.95. The maximum absolute atomic E-state index is 12.1. The summed E-state index contributed by atoms with van der Waals surface area (Å²) in [5.74, 6) is 1.01. The molecule has 0 bridgehead atoms. The van der Waals surface area contributed by atoms with Gasteiger partial charge in [-0.15, -0.1) is 0 Å². The van der Waals surface area contributed by atoms with Gasteiger partial charge in [0, 0.05) is 39.8 Å². The third-order valence-corrected chi connectivity index (χ3v) is 4.29. The fourth-order valence-electron chi connectivity index (χ4n) is 2.70. The van der Waals surface area contributed by atoms with Crippen LogP contribution >= 0.6 is 0 Å². The number of amides is 2. The Morgan fingerprint density at radius 1 is 1.23 bits per heavy atom. The molecule has 170 valence electrons. The summed E-state index contributed by atoms with van der Waals surface area (Å²) in [4.78, 5) is 30.2. The van der Waals surface area contributed by atoms with Crippen LogP contribution in [0, 0.1) is 5.92 Å². The van der Waals surface area contributed by atoms with E-state index in [-0.39, 0.29) is 23.6 Å². The number of carbonyl (C=O) groups excluding carboxylic acids is 2. The lowest BCUT2D eigenvalue weighted by atomic mass is 10.0. The summed E-state index contributed by atoms with van der Waals surface area (Å²) in [5.41, 5.74) is -0.527. The minimum atomic E-state index is -0.527. The van der Waals surface area contributed by atoms with E-state index in [0.717, 1.165) is 6.42 Å². The summed E-state index contributed by atoms with van der Waals surface area (Å²) in [6.45, 7) is 11.3. The molecule has 0 aromatic carbocycles. The Bertz CT molecular complexity index is 680. The average Bonchev–Trinajstić information content (AvgIpc) is 3.17. The first-order valence-corrected chi connectivity index (χ1v) is 10.3. The van der Waals surface area contributed by atoms with Crippen LogP contribution in [0.1, 0.15) is 51.6 Å². The van der Waals surface area contributed by atoms with Crippen molar-refractivity contribution in [3.63, 3.8) is 0 Å². The van der Waals surface area contributed by atoms with Gasteiger partial charge < -0.3 is 30.0 Å². The van der Waals surface area contributed by atoms with E-state index in [1.54, 1.807) is 19.2 Å². The lowest BCUT2D eigenvalue weighted by molar-refractivity contribution is 0.0485. The number of furan rings is 1. The standard InChI is InChI=1S/C21H37N5O4/c1-15(2)16(25-20(28)30-21(3,4)5)10-13-26(7)19(22-6)24-12-11-23-18(27)17-9-8-14-29-17/h8-9,14-16H,10-13H2,1-7H3,(H,22,24)(H,23,27)(H,25,28). The summed E-state index contributed by atoms with van der Waals surface area (Å²) in [6.07, 6.45) is 1.80. The first-order valence-electron chi connectivity index (χ1n) is 10.3. The van der Waals surface area contributed by atoms with Crippen molar-refractivity contribution in [3.05, 3.63) is 24.2 Å². The number of carbonyl (C=O) groups is 2. The zero-order valence-electron chi connectivity index (χ0n) is 19.2. The van der Waals surface area contributed by atoms with E-state index in [0.29, 0.717) is 25.6 Å². The second-order valence-electron chi connectivity index (χ2n) is 8.41. The molecular weight excluding hydrogens is 386 g/mol. The Morgan fingerprint density at radius 3 is 2.43 bits per heavy atom. The highest BCUT2D eigenvalue weighted by molar-refractivity contribution is 5.91. The third-order valence-electron chi connectivity index (χ3n) is 4.29. The maximum Gasteiger partial charge on any atom is 0.407 e. The quantitative estimate of drug-likeness (QED) is 0.320. The van der Waals surface area contributed by atoms with Gasteiger partial charge in [-0.25, -0.2) is 4.79 Å². The van der Waals surface area contributed by atoms with Crippen molar-refractivity contribution < 1.29 is 18.7 Å². The van der Waals surface area contributed by atoms with Gasteiger partial charge in [-0.05, 0) is 45.2 Å². The highest BCUT2D eigenvalue weighted by Gasteiger charge is 2.22. The lowest BCUT2D eigenvalue weighted by Gasteiger charge is -2.28. The van der Waals surface area contributed by atoms with Crippen molar-refractivity contribution in [2.24, 2.45) is 10.9 Å². The van der Waals surface area contributed by atoms with Crippen LogP contribution in [-0.4, -0.2) is 68.2 Å². The molecule has 0 fully saturated rings. The average molecular weight is 424 g/mol. The second kappa shape index (κ2) is 12.1. The zero-order chi connectivity index (χ0) is 22.7. The summed E-state index contributed by atoms with van der Waals surface area (Å²) >= 11 is 0. The van der Waals surface area contributed by atoms with Gasteiger partial charge in [0.25, 0.3) is 5.91 Å². The van der Waals surface area contributed by atoms with Crippen LogP contribution in [-0.2, 0) is 4.74 Å².